The largest absolute Gasteiger partial charge is 0.361 e. The summed E-state index contributed by atoms with van der Waals surface area (Å²) in [5.74, 6) is -1.51. The summed E-state index contributed by atoms with van der Waals surface area (Å²) in [5.41, 5.74) is 0.389. The van der Waals surface area contributed by atoms with Crippen molar-refractivity contribution < 1.29 is 18.1 Å². The van der Waals surface area contributed by atoms with E-state index in [1.807, 2.05) is 0 Å². The Kier molecular flexibility index (Phi) is 3.59. The Morgan fingerprint density at radius 3 is 2.68 bits per heavy atom. The molecule has 0 aliphatic heterocycles. The fraction of sp³-hybridized carbons (Fsp3) is 0.231. The maximum atomic E-state index is 13.5. The third-order valence-corrected chi connectivity index (χ3v) is 2.58. The number of amides is 1. The lowest BCUT2D eigenvalue weighted by atomic mass is 10.2. The Balaban J connectivity index is 2.14. The van der Waals surface area contributed by atoms with Gasteiger partial charge in [-0.3, -0.25) is 4.79 Å². The number of aryl methyl sites for hydroxylation is 1. The number of hydrogen-bond acceptors (Lipinski definition) is 3. The van der Waals surface area contributed by atoms with E-state index >= 15 is 0 Å². The molecule has 2 rings (SSSR count). The monoisotopic (exact) mass is 266 g/mol. The Morgan fingerprint density at radius 1 is 1.37 bits per heavy atom. The molecule has 6 heteroatoms. The highest BCUT2D eigenvalue weighted by atomic mass is 19.1. The van der Waals surface area contributed by atoms with Crippen molar-refractivity contribution in [2.24, 2.45) is 0 Å². The highest BCUT2D eigenvalue weighted by Crippen LogP contribution is 2.13. The van der Waals surface area contributed by atoms with Gasteiger partial charge in [0.1, 0.15) is 23.1 Å². The maximum absolute atomic E-state index is 13.5. The highest BCUT2D eigenvalue weighted by Gasteiger charge is 2.17. The van der Waals surface area contributed by atoms with Gasteiger partial charge < -0.3 is 9.42 Å². The molecular weight excluding hydrogens is 254 g/mol. The lowest BCUT2D eigenvalue weighted by Gasteiger charge is -2.15. The molecule has 0 saturated carbocycles. The van der Waals surface area contributed by atoms with Gasteiger partial charge in [-0.2, -0.15) is 0 Å². The van der Waals surface area contributed by atoms with Gasteiger partial charge in [0.05, 0.1) is 12.1 Å². The van der Waals surface area contributed by atoms with Gasteiger partial charge in [0.2, 0.25) is 0 Å². The summed E-state index contributed by atoms with van der Waals surface area (Å²) >= 11 is 0. The number of rotatable bonds is 3. The van der Waals surface area contributed by atoms with Gasteiger partial charge in [0.25, 0.3) is 5.91 Å². The second-order valence-electron chi connectivity index (χ2n) is 4.21. The van der Waals surface area contributed by atoms with Crippen molar-refractivity contribution in [2.75, 3.05) is 7.05 Å². The Bertz CT molecular complexity index is 610. The summed E-state index contributed by atoms with van der Waals surface area (Å²) in [7, 11) is 1.51. The van der Waals surface area contributed by atoms with Crippen LogP contribution in [0.15, 0.2) is 28.8 Å². The van der Waals surface area contributed by atoms with Gasteiger partial charge in [-0.05, 0) is 19.1 Å². The van der Waals surface area contributed by atoms with Crippen LogP contribution in [-0.4, -0.2) is 23.0 Å². The predicted molar refractivity (Wildman–Crippen MR) is 63.4 cm³/mol. The predicted octanol–water partition coefficient (Wildman–Crippen LogP) is 2.53. The fourth-order valence-electron chi connectivity index (χ4n) is 1.68. The highest BCUT2D eigenvalue weighted by molar-refractivity contribution is 5.94. The molecule has 0 fully saturated rings. The summed E-state index contributed by atoms with van der Waals surface area (Å²) in [6.45, 7) is 1.92. The second kappa shape index (κ2) is 5.17. The van der Waals surface area contributed by atoms with Crippen LogP contribution in [0.2, 0.25) is 0 Å². The van der Waals surface area contributed by atoms with Crippen molar-refractivity contribution in [3.05, 3.63) is 52.9 Å². The molecule has 0 atom stereocenters. The molecule has 0 saturated heterocycles. The standard InChI is InChI=1S/C13H12F2N2O2/c1-8-5-10(16-19-8)7-17(2)13(18)11-4-3-9(14)6-12(11)15/h3-6H,7H2,1-2H3. The first-order chi connectivity index (χ1) is 8.97. The van der Waals surface area contributed by atoms with Gasteiger partial charge >= 0.3 is 0 Å². The van der Waals surface area contributed by atoms with E-state index in [0.29, 0.717) is 17.5 Å². The number of carbonyl (C=O) groups excluding carboxylic acids is 1. The molecule has 0 aliphatic carbocycles. The van der Waals surface area contributed by atoms with Crippen LogP contribution in [0.4, 0.5) is 8.78 Å². The smallest absolute Gasteiger partial charge is 0.256 e. The number of aromatic nitrogens is 1. The normalized spacial score (nSPS) is 10.5. The van der Waals surface area contributed by atoms with Crippen LogP contribution in [0.25, 0.3) is 0 Å². The van der Waals surface area contributed by atoms with Crippen molar-refractivity contribution in [1.29, 1.82) is 0 Å². The zero-order chi connectivity index (χ0) is 14.0. The van der Waals surface area contributed by atoms with Gasteiger partial charge in [-0.25, -0.2) is 8.78 Å². The first kappa shape index (κ1) is 13.2. The van der Waals surface area contributed by atoms with Crippen LogP contribution >= 0.6 is 0 Å². The van der Waals surface area contributed by atoms with Crippen LogP contribution in [0, 0.1) is 18.6 Å². The molecule has 100 valence electrons. The summed E-state index contributed by atoms with van der Waals surface area (Å²) in [5, 5.41) is 3.75. The zero-order valence-corrected chi connectivity index (χ0v) is 10.5. The Morgan fingerprint density at radius 2 is 2.11 bits per heavy atom. The lowest BCUT2D eigenvalue weighted by Crippen LogP contribution is -2.27. The van der Waals surface area contributed by atoms with Crippen molar-refractivity contribution in [3.8, 4) is 0 Å². The van der Waals surface area contributed by atoms with Crippen LogP contribution in [0.3, 0.4) is 0 Å². The number of hydrogen-bond donors (Lipinski definition) is 0. The van der Waals surface area contributed by atoms with Crippen molar-refractivity contribution in [2.45, 2.75) is 13.5 Å². The minimum absolute atomic E-state index is 0.177. The summed E-state index contributed by atoms with van der Waals surface area (Å²) in [4.78, 5) is 13.3. The number of nitrogens with zero attached hydrogens (tertiary/aromatic N) is 2. The summed E-state index contributed by atoms with van der Waals surface area (Å²) in [6.07, 6.45) is 0. The topological polar surface area (TPSA) is 46.3 Å². The second-order valence-corrected chi connectivity index (χ2v) is 4.21. The van der Waals surface area contributed by atoms with Gasteiger partial charge in [0, 0.05) is 19.2 Å². The number of carbonyl (C=O) groups is 1. The average molecular weight is 266 g/mol. The first-order valence-corrected chi connectivity index (χ1v) is 5.60. The molecule has 1 heterocycles. The molecule has 0 unspecified atom stereocenters. The third kappa shape index (κ3) is 2.96. The van der Waals surface area contributed by atoms with E-state index in [1.54, 1.807) is 13.0 Å². The van der Waals surface area contributed by atoms with Crippen LogP contribution in [0.5, 0.6) is 0 Å². The maximum Gasteiger partial charge on any atom is 0.256 e. The molecule has 2 aromatic rings. The molecule has 1 aromatic carbocycles. The number of halogens is 2. The van der Waals surface area contributed by atoms with Crippen molar-refractivity contribution in [3.63, 3.8) is 0 Å². The van der Waals surface area contributed by atoms with E-state index in [1.165, 1.54) is 11.9 Å². The minimum Gasteiger partial charge on any atom is -0.361 e. The molecule has 19 heavy (non-hydrogen) atoms. The van der Waals surface area contributed by atoms with E-state index in [4.69, 9.17) is 4.52 Å². The summed E-state index contributed by atoms with van der Waals surface area (Å²) in [6, 6.07) is 4.54. The van der Waals surface area contributed by atoms with E-state index in [-0.39, 0.29) is 12.1 Å². The molecule has 0 aliphatic rings. The van der Waals surface area contributed by atoms with Crippen LogP contribution < -0.4 is 0 Å². The minimum atomic E-state index is -0.881. The van der Waals surface area contributed by atoms with Crippen molar-refractivity contribution in [1.82, 2.24) is 10.1 Å². The zero-order valence-electron chi connectivity index (χ0n) is 10.5. The molecule has 0 bridgehead atoms. The molecule has 1 amide bonds. The SMILES string of the molecule is Cc1cc(CN(C)C(=O)c2ccc(F)cc2F)no1. The van der Waals surface area contributed by atoms with E-state index < -0.39 is 17.5 Å². The third-order valence-electron chi connectivity index (χ3n) is 2.58. The van der Waals surface area contributed by atoms with Gasteiger partial charge in [-0.1, -0.05) is 5.16 Å². The summed E-state index contributed by atoms with van der Waals surface area (Å²) < 4.78 is 31.1. The fourth-order valence-corrected chi connectivity index (χ4v) is 1.68. The Hall–Kier alpha value is -2.24. The molecule has 0 N–H and O–H groups in total. The van der Waals surface area contributed by atoms with E-state index in [9.17, 15) is 13.6 Å². The molecule has 4 nitrogen and oxygen atoms in total. The van der Waals surface area contributed by atoms with Crippen molar-refractivity contribution >= 4 is 5.91 Å². The van der Waals surface area contributed by atoms with E-state index in [2.05, 4.69) is 5.16 Å². The molecule has 0 spiro atoms. The first-order valence-electron chi connectivity index (χ1n) is 5.60. The van der Waals surface area contributed by atoms with Crippen LogP contribution in [0.1, 0.15) is 21.8 Å². The van der Waals surface area contributed by atoms with E-state index in [0.717, 1.165) is 12.1 Å². The van der Waals surface area contributed by atoms with Gasteiger partial charge in [0.15, 0.2) is 0 Å². The Labute approximate surface area is 108 Å². The molecule has 0 radical (unpaired) electrons. The average Bonchev–Trinajstić information content (AvgIpc) is 2.74. The number of benzene rings is 1. The van der Waals surface area contributed by atoms with Crippen LogP contribution in [-0.2, 0) is 6.54 Å². The quantitative estimate of drug-likeness (QED) is 0.857. The molecular formula is C13H12F2N2O2. The van der Waals surface area contributed by atoms with Gasteiger partial charge in [-0.15, -0.1) is 0 Å². The lowest BCUT2D eigenvalue weighted by molar-refractivity contribution is 0.0777. The molecule has 1 aromatic heterocycles.